The number of amides is 2. The molecule has 1 aliphatic heterocycles. The predicted molar refractivity (Wildman–Crippen MR) is 115 cm³/mol. The number of benzene rings is 2. The molecular weight excluding hydrogens is 402 g/mol. The Morgan fingerprint density at radius 3 is 2.33 bits per heavy atom. The van der Waals surface area contributed by atoms with Gasteiger partial charge in [-0.15, -0.1) is 0 Å². The molecule has 2 N–H and O–H groups in total. The summed E-state index contributed by atoms with van der Waals surface area (Å²) in [5, 5.41) is 5.88. The zero-order valence-corrected chi connectivity index (χ0v) is 17.8. The van der Waals surface area contributed by atoms with E-state index < -0.39 is 16.1 Å². The van der Waals surface area contributed by atoms with Gasteiger partial charge in [-0.1, -0.05) is 48.5 Å². The number of carbonyl (C=O) groups is 2. The van der Waals surface area contributed by atoms with Gasteiger partial charge in [-0.25, -0.2) is 12.7 Å². The minimum absolute atomic E-state index is 0.0674. The summed E-state index contributed by atoms with van der Waals surface area (Å²) in [6, 6.07) is 17.5. The van der Waals surface area contributed by atoms with Crippen molar-refractivity contribution in [1.29, 1.82) is 0 Å². The maximum atomic E-state index is 12.7. The first-order valence-corrected chi connectivity index (χ1v) is 11.8. The fourth-order valence-corrected chi connectivity index (χ4v) is 4.51. The van der Waals surface area contributed by atoms with Gasteiger partial charge in [0.1, 0.15) is 0 Å². The van der Waals surface area contributed by atoms with Crippen LogP contribution >= 0.6 is 0 Å². The average molecular weight is 430 g/mol. The van der Waals surface area contributed by atoms with Crippen LogP contribution in [0.25, 0.3) is 0 Å². The molecule has 2 aromatic rings. The van der Waals surface area contributed by atoms with Crippen LogP contribution in [0.1, 0.15) is 41.2 Å². The Bertz CT molecular complexity index is 964. The number of nitrogens with one attached hydrogen (secondary N) is 2. The van der Waals surface area contributed by atoms with Crippen molar-refractivity contribution < 1.29 is 18.0 Å². The van der Waals surface area contributed by atoms with Gasteiger partial charge in [-0.3, -0.25) is 9.59 Å². The van der Waals surface area contributed by atoms with Crippen molar-refractivity contribution >= 4 is 21.8 Å². The first-order valence-electron chi connectivity index (χ1n) is 9.98. The second-order valence-electron chi connectivity index (χ2n) is 7.53. The number of hydrogen-bond acceptors (Lipinski definition) is 4. The van der Waals surface area contributed by atoms with E-state index in [1.165, 1.54) is 10.6 Å². The molecule has 1 saturated heterocycles. The number of piperidine rings is 1. The molecule has 0 radical (unpaired) electrons. The Hall–Kier alpha value is -2.71. The summed E-state index contributed by atoms with van der Waals surface area (Å²) in [4.78, 5) is 25.4. The molecule has 0 saturated carbocycles. The first kappa shape index (κ1) is 22.0. The number of rotatable bonds is 7. The minimum Gasteiger partial charge on any atom is -0.352 e. The molecule has 1 fully saturated rings. The summed E-state index contributed by atoms with van der Waals surface area (Å²) in [6.07, 6.45) is 2.68. The molecule has 1 aliphatic rings. The topological polar surface area (TPSA) is 95.6 Å². The third-order valence-electron chi connectivity index (χ3n) is 5.15. The quantitative estimate of drug-likeness (QED) is 0.705. The molecule has 160 valence electrons. The highest BCUT2D eigenvalue weighted by atomic mass is 32.2. The Labute approximate surface area is 177 Å². The number of nitrogens with zero attached hydrogens (tertiary/aromatic N) is 1. The lowest BCUT2D eigenvalue weighted by molar-refractivity contribution is -0.122. The van der Waals surface area contributed by atoms with Crippen molar-refractivity contribution in [2.45, 2.75) is 31.3 Å². The number of hydrogen-bond donors (Lipinski definition) is 2. The third-order valence-corrected chi connectivity index (χ3v) is 6.42. The van der Waals surface area contributed by atoms with Crippen LogP contribution in [0.15, 0.2) is 60.7 Å². The van der Waals surface area contributed by atoms with Crippen LogP contribution in [0.3, 0.4) is 0 Å². The number of sulfonamides is 1. The van der Waals surface area contributed by atoms with Crippen LogP contribution in [0.5, 0.6) is 0 Å². The van der Waals surface area contributed by atoms with Gasteiger partial charge in [0.05, 0.1) is 18.7 Å². The van der Waals surface area contributed by atoms with Crippen molar-refractivity contribution in [3.8, 4) is 0 Å². The minimum atomic E-state index is -3.28. The van der Waals surface area contributed by atoms with E-state index in [-0.39, 0.29) is 30.8 Å². The van der Waals surface area contributed by atoms with E-state index in [0.717, 1.165) is 12.0 Å². The zero-order chi connectivity index (χ0) is 21.6. The van der Waals surface area contributed by atoms with E-state index >= 15 is 0 Å². The highest BCUT2D eigenvalue weighted by Crippen LogP contribution is 2.19. The van der Waals surface area contributed by atoms with Crippen LogP contribution in [0.4, 0.5) is 0 Å². The molecule has 1 heterocycles. The number of carbonyl (C=O) groups excluding carboxylic acids is 2. The summed E-state index contributed by atoms with van der Waals surface area (Å²) in [5.41, 5.74) is 1.35. The summed E-state index contributed by atoms with van der Waals surface area (Å²) in [5.74, 6) is -0.476. The van der Waals surface area contributed by atoms with Crippen molar-refractivity contribution in [1.82, 2.24) is 14.9 Å². The highest BCUT2D eigenvalue weighted by molar-refractivity contribution is 7.88. The summed E-state index contributed by atoms with van der Waals surface area (Å²) in [6.45, 7) is 0.752. The molecule has 0 spiro atoms. The van der Waals surface area contributed by atoms with Gasteiger partial charge < -0.3 is 10.6 Å². The molecule has 0 unspecified atom stereocenters. The van der Waals surface area contributed by atoms with Crippen molar-refractivity contribution in [3.63, 3.8) is 0 Å². The molecule has 8 heteroatoms. The van der Waals surface area contributed by atoms with Crippen LogP contribution in [0, 0.1) is 0 Å². The molecule has 2 amide bonds. The summed E-state index contributed by atoms with van der Waals surface area (Å²) < 4.78 is 25.0. The van der Waals surface area contributed by atoms with Crippen LogP contribution < -0.4 is 10.6 Å². The van der Waals surface area contributed by atoms with E-state index in [9.17, 15) is 18.0 Å². The molecule has 7 nitrogen and oxygen atoms in total. The molecule has 2 atom stereocenters. The van der Waals surface area contributed by atoms with E-state index in [0.29, 0.717) is 18.5 Å². The maximum Gasteiger partial charge on any atom is 0.251 e. The molecule has 0 bridgehead atoms. The second-order valence-corrected chi connectivity index (χ2v) is 9.52. The largest absolute Gasteiger partial charge is 0.352 e. The second kappa shape index (κ2) is 9.86. The average Bonchev–Trinajstić information content (AvgIpc) is 2.74. The van der Waals surface area contributed by atoms with Crippen molar-refractivity contribution in [2.75, 3.05) is 19.3 Å². The molecule has 0 aromatic heterocycles. The Kier molecular flexibility index (Phi) is 7.23. The first-order chi connectivity index (χ1) is 14.3. The van der Waals surface area contributed by atoms with Crippen molar-refractivity contribution in [2.24, 2.45) is 0 Å². The van der Waals surface area contributed by atoms with E-state index in [1.54, 1.807) is 24.3 Å². The molecule has 2 aromatic carbocycles. The highest BCUT2D eigenvalue weighted by Gasteiger charge is 2.28. The van der Waals surface area contributed by atoms with Crippen LogP contribution in [-0.2, 0) is 14.8 Å². The van der Waals surface area contributed by atoms with Gasteiger partial charge in [0.15, 0.2) is 0 Å². The Balaban J connectivity index is 1.67. The van der Waals surface area contributed by atoms with Gasteiger partial charge in [0, 0.05) is 24.7 Å². The van der Waals surface area contributed by atoms with Gasteiger partial charge in [-0.2, -0.15) is 0 Å². The molecule has 3 rings (SSSR count). The predicted octanol–water partition coefficient (Wildman–Crippen LogP) is 2.09. The normalized spacial score (nSPS) is 18.4. The Morgan fingerprint density at radius 1 is 1.07 bits per heavy atom. The zero-order valence-electron chi connectivity index (χ0n) is 17.0. The monoisotopic (exact) mass is 429 g/mol. The van der Waals surface area contributed by atoms with Gasteiger partial charge in [0.25, 0.3) is 5.91 Å². The van der Waals surface area contributed by atoms with E-state index in [4.69, 9.17) is 0 Å². The van der Waals surface area contributed by atoms with E-state index in [2.05, 4.69) is 10.6 Å². The van der Waals surface area contributed by atoms with Crippen LogP contribution in [0.2, 0.25) is 0 Å². The Morgan fingerprint density at radius 2 is 1.70 bits per heavy atom. The molecule has 0 aliphatic carbocycles. The van der Waals surface area contributed by atoms with Crippen molar-refractivity contribution in [3.05, 3.63) is 71.8 Å². The molecular formula is C22H27N3O4S. The lowest BCUT2D eigenvalue weighted by Crippen LogP contribution is -2.49. The summed E-state index contributed by atoms with van der Waals surface area (Å²) in [7, 11) is -3.28. The summed E-state index contributed by atoms with van der Waals surface area (Å²) >= 11 is 0. The maximum absolute atomic E-state index is 12.7. The van der Waals surface area contributed by atoms with Gasteiger partial charge >= 0.3 is 0 Å². The lowest BCUT2D eigenvalue weighted by Gasteiger charge is -2.31. The molecule has 30 heavy (non-hydrogen) atoms. The van der Waals surface area contributed by atoms with Crippen LogP contribution in [-0.4, -0.2) is 49.9 Å². The van der Waals surface area contributed by atoms with Gasteiger partial charge in [0.2, 0.25) is 15.9 Å². The standard InChI is InChI=1S/C22H27N3O4S/c1-30(28,29)25-14-8-13-19(16-25)23-21(26)15-20(17-9-4-2-5-10-17)24-22(27)18-11-6-3-7-12-18/h2-7,9-12,19-20H,8,13-16H2,1H3,(H,23,26)(H,24,27)/t19-,20+/m0/s1. The fourth-order valence-electron chi connectivity index (χ4n) is 3.60. The third kappa shape index (κ3) is 6.14. The SMILES string of the molecule is CS(=O)(=O)N1CCC[C@H](NC(=O)C[C@@H](NC(=O)c2ccccc2)c2ccccc2)C1. The van der Waals surface area contributed by atoms with Gasteiger partial charge in [-0.05, 0) is 30.5 Å². The van der Waals surface area contributed by atoms with E-state index in [1.807, 2.05) is 36.4 Å². The lowest BCUT2D eigenvalue weighted by atomic mass is 10.0. The fraction of sp³-hybridized carbons (Fsp3) is 0.364. The smallest absolute Gasteiger partial charge is 0.251 e.